The summed E-state index contributed by atoms with van der Waals surface area (Å²) in [6, 6.07) is 8.07. The van der Waals surface area contributed by atoms with Gasteiger partial charge in [-0.25, -0.2) is 0 Å². The number of benzene rings is 1. The molecule has 0 aliphatic heterocycles. The van der Waals surface area contributed by atoms with Crippen molar-refractivity contribution in [1.29, 1.82) is 0 Å². The lowest BCUT2D eigenvalue weighted by atomic mass is 9.93. The lowest BCUT2D eigenvalue weighted by Gasteiger charge is -2.17. The Morgan fingerprint density at radius 3 is 2.42 bits per heavy atom. The number of aliphatic hydroxyl groups excluding tert-OH is 1. The second-order valence-corrected chi connectivity index (χ2v) is 5.84. The molecule has 0 unspecified atom stereocenters. The van der Waals surface area contributed by atoms with Crippen molar-refractivity contribution in [2.24, 2.45) is 5.41 Å². The van der Waals surface area contributed by atoms with Crippen molar-refractivity contribution in [2.45, 2.75) is 40.2 Å². The van der Waals surface area contributed by atoms with Crippen LogP contribution in [0.25, 0.3) is 0 Å². The van der Waals surface area contributed by atoms with Gasteiger partial charge in [0.05, 0.1) is 13.2 Å². The molecule has 104 valence electrons. The summed E-state index contributed by atoms with van der Waals surface area (Å²) in [4.78, 5) is 0. The van der Waals surface area contributed by atoms with Gasteiger partial charge >= 0.3 is 0 Å². The number of hydrogen-bond donors (Lipinski definition) is 1. The van der Waals surface area contributed by atoms with Crippen LogP contribution < -0.4 is 0 Å². The summed E-state index contributed by atoms with van der Waals surface area (Å²) in [6.07, 6.45) is 1.59. The van der Waals surface area contributed by atoms with Gasteiger partial charge in [0.1, 0.15) is 0 Å². The minimum absolute atomic E-state index is 0.118. The van der Waals surface area contributed by atoms with Gasteiger partial charge in [-0.05, 0) is 29.5 Å². The van der Waals surface area contributed by atoms with Gasteiger partial charge < -0.3 is 9.84 Å². The first kappa shape index (κ1) is 15.8. The first-order chi connectivity index (χ1) is 9.01. The molecule has 0 amide bonds. The van der Waals surface area contributed by atoms with E-state index in [1.54, 1.807) is 0 Å². The third-order valence-corrected chi connectivity index (χ3v) is 2.69. The molecule has 0 radical (unpaired) electrons. The molecule has 0 spiro atoms. The average Bonchev–Trinajstić information content (AvgIpc) is 2.36. The zero-order chi connectivity index (χ0) is 14.1. The van der Waals surface area contributed by atoms with Crippen LogP contribution in [-0.4, -0.2) is 18.3 Å². The number of aliphatic hydroxyl groups is 1. The Bertz CT molecular complexity index is 415. The highest BCUT2D eigenvalue weighted by atomic mass is 16.5. The Morgan fingerprint density at radius 2 is 1.84 bits per heavy atom. The maximum atomic E-state index is 8.65. The van der Waals surface area contributed by atoms with E-state index < -0.39 is 0 Å². The molecule has 0 aromatic heterocycles. The van der Waals surface area contributed by atoms with E-state index in [1.165, 1.54) is 5.56 Å². The molecule has 2 heteroatoms. The van der Waals surface area contributed by atoms with Crippen LogP contribution in [0.2, 0.25) is 0 Å². The van der Waals surface area contributed by atoms with Crippen LogP contribution in [0.15, 0.2) is 24.3 Å². The molecule has 0 fully saturated rings. The Balaban J connectivity index is 2.35. The van der Waals surface area contributed by atoms with Crippen LogP contribution in [0.5, 0.6) is 0 Å². The Labute approximate surface area is 116 Å². The maximum absolute atomic E-state index is 8.65. The Hall–Kier alpha value is -1.30. The van der Waals surface area contributed by atoms with Crippen molar-refractivity contribution in [3.8, 4) is 11.8 Å². The van der Waals surface area contributed by atoms with Gasteiger partial charge in [-0.2, -0.15) is 0 Å². The van der Waals surface area contributed by atoms with Gasteiger partial charge in [-0.3, -0.25) is 0 Å². The molecular formula is C17H24O2. The quantitative estimate of drug-likeness (QED) is 0.649. The topological polar surface area (TPSA) is 29.5 Å². The lowest BCUT2D eigenvalue weighted by molar-refractivity contribution is 0.0962. The third kappa shape index (κ3) is 7.66. The fourth-order valence-corrected chi connectivity index (χ4v) is 1.47. The Kier molecular flexibility index (Phi) is 6.62. The molecule has 0 heterocycles. The molecule has 19 heavy (non-hydrogen) atoms. The van der Waals surface area contributed by atoms with Gasteiger partial charge in [0.15, 0.2) is 0 Å². The van der Waals surface area contributed by atoms with Crippen molar-refractivity contribution in [3.05, 3.63) is 35.4 Å². The minimum Gasteiger partial charge on any atom is -0.395 e. The van der Waals surface area contributed by atoms with Gasteiger partial charge in [0.2, 0.25) is 0 Å². The first-order valence-electron chi connectivity index (χ1n) is 6.78. The molecular weight excluding hydrogens is 236 g/mol. The second-order valence-electron chi connectivity index (χ2n) is 5.84. The maximum Gasteiger partial charge on any atom is 0.0716 e. The summed E-state index contributed by atoms with van der Waals surface area (Å²) in [5.41, 5.74) is 2.47. The monoisotopic (exact) mass is 260 g/mol. The van der Waals surface area contributed by atoms with Crippen molar-refractivity contribution < 1.29 is 9.84 Å². The van der Waals surface area contributed by atoms with E-state index in [9.17, 15) is 0 Å². The van der Waals surface area contributed by atoms with Crippen LogP contribution in [0.1, 0.15) is 44.7 Å². The van der Waals surface area contributed by atoms with Crippen molar-refractivity contribution in [3.63, 3.8) is 0 Å². The third-order valence-electron chi connectivity index (χ3n) is 2.69. The smallest absolute Gasteiger partial charge is 0.0716 e. The number of rotatable bonds is 5. The van der Waals surface area contributed by atoms with Crippen LogP contribution in [0.3, 0.4) is 0 Å². The average molecular weight is 260 g/mol. The van der Waals surface area contributed by atoms with E-state index in [1.807, 2.05) is 24.3 Å². The molecule has 0 bridgehead atoms. The highest BCUT2D eigenvalue weighted by Gasteiger charge is 2.09. The first-order valence-corrected chi connectivity index (χ1v) is 6.78. The molecule has 1 rings (SSSR count). The fourth-order valence-electron chi connectivity index (χ4n) is 1.47. The zero-order valence-corrected chi connectivity index (χ0v) is 12.2. The van der Waals surface area contributed by atoms with Crippen LogP contribution >= 0.6 is 0 Å². The van der Waals surface area contributed by atoms with Crippen molar-refractivity contribution in [2.75, 3.05) is 13.2 Å². The minimum atomic E-state index is 0.118. The van der Waals surface area contributed by atoms with E-state index in [2.05, 4.69) is 32.6 Å². The molecule has 0 atom stereocenters. The molecule has 2 nitrogen and oxygen atoms in total. The molecule has 1 aromatic carbocycles. The van der Waals surface area contributed by atoms with Crippen LogP contribution in [0, 0.1) is 17.3 Å². The van der Waals surface area contributed by atoms with E-state index in [-0.39, 0.29) is 6.61 Å². The van der Waals surface area contributed by atoms with Gasteiger partial charge in [-0.1, -0.05) is 44.7 Å². The molecule has 0 saturated carbocycles. The summed E-state index contributed by atoms with van der Waals surface area (Å²) in [5.74, 6) is 5.92. The van der Waals surface area contributed by atoms with E-state index in [4.69, 9.17) is 9.84 Å². The second kappa shape index (κ2) is 7.99. The van der Waals surface area contributed by atoms with Gasteiger partial charge in [0, 0.05) is 18.6 Å². The van der Waals surface area contributed by atoms with Crippen molar-refractivity contribution in [1.82, 2.24) is 0 Å². The standard InChI is InChI=1S/C17H24O2/c1-17(2,3)11-13-19-14-16-9-7-15(8-10-16)6-4-5-12-18/h7-10,18H,5,11-14H2,1-3H3. The van der Waals surface area contributed by atoms with Crippen molar-refractivity contribution >= 4 is 0 Å². The highest BCUT2D eigenvalue weighted by molar-refractivity contribution is 5.35. The lowest BCUT2D eigenvalue weighted by Crippen LogP contribution is -2.09. The molecule has 0 aliphatic carbocycles. The van der Waals surface area contributed by atoms with Gasteiger partial charge in [0.25, 0.3) is 0 Å². The number of hydrogen-bond acceptors (Lipinski definition) is 2. The molecule has 0 aliphatic rings. The molecule has 1 aromatic rings. The Morgan fingerprint density at radius 1 is 1.16 bits per heavy atom. The van der Waals surface area contributed by atoms with E-state index in [0.29, 0.717) is 18.4 Å². The summed E-state index contributed by atoms with van der Waals surface area (Å²) >= 11 is 0. The predicted molar refractivity (Wildman–Crippen MR) is 78.8 cm³/mol. The SMILES string of the molecule is CC(C)(C)CCOCc1ccc(C#CCCO)cc1. The van der Waals surface area contributed by atoms with E-state index >= 15 is 0 Å². The summed E-state index contributed by atoms with van der Waals surface area (Å²) < 4.78 is 5.67. The van der Waals surface area contributed by atoms with Crippen LogP contribution in [0.4, 0.5) is 0 Å². The molecule has 0 saturated heterocycles. The fraction of sp³-hybridized carbons (Fsp3) is 0.529. The summed E-state index contributed by atoms with van der Waals surface area (Å²) in [7, 11) is 0. The van der Waals surface area contributed by atoms with Gasteiger partial charge in [-0.15, -0.1) is 0 Å². The van der Waals surface area contributed by atoms with Crippen LogP contribution in [-0.2, 0) is 11.3 Å². The number of ether oxygens (including phenoxy) is 1. The predicted octanol–water partition coefficient (Wildman–Crippen LogP) is 3.37. The summed E-state index contributed by atoms with van der Waals surface area (Å²) in [6.45, 7) is 8.22. The molecule has 1 N–H and O–H groups in total. The largest absolute Gasteiger partial charge is 0.395 e. The highest BCUT2D eigenvalue weighted by Crippen LogP contribution is 2.18. The normalized spacial score (nSPS) is 10.9. The van der Waals surface area contributed by atoms with E-state index in [0.717, 1.165) is 18.6 Å². The summed E-state index contributed by atoms with van der Waals surface area (Å²) in [5, 5.41) is 8.65. The zero-order valence-electron chi connectivity index (χ0n) is 12.2.